The molecule has 0 saturated heterocycles. The average Bonchev–Trinajstić information content (AvgIpc) is 1.97. The maximum absolute atomic E-state index is 8.13. The zero-order valence-electron chi connectivity index (χ0n) is 6.39. The minimum Gasteiger partial charge on any atom is -0.385 e. The quantitative estimate of drug-likeness (QED) is 0.434. The standard InChI is InChI=1S/C7H14N2O/c1-10-7-3-2-5-9-6-4-8/h9H,2-3,5-7H2,1H3. The van der Waals surface area contributed by atoms with Crippen LogP contribution in [0.2, 0.25) is 0 Å². The van der Waals surface area contributed by atoms with Gasteiger partial charge in [0.15, 0.2) is 0 Å². The maximum Gasteiger partial charge on any atom is 0.0840 e. The van der Waals surface area contributed by atoms with Crippen LogP contribution >= 0.6 is 0 Å². The third kappa shape index (κ3) is 7.41. The van der Waals surface area contributed by atoms with E-state index >= 15 is 0 Å². The lowest BCUT2D eigenvalue weighted by Crippen LogP contribution is -2.15. The summed E-state index contributed by atoms with van der Waals surface area (Å²) < 4.78 is 4.86. The highest BCUT2D eigenvalue weighted by Gasteiger charge is 1.85. The van der Waals surface area contributed by atoms with Crippen molar-refractivity contribution in [2.45, 2.75) is 12.8 Å². The van der Waals surface area contributed by atoms with Crippen LogP contribution in [0.25, 0.3) is 0 Å². The van der Waals surface area contributed by atoms with Crippen LogP contribution in [0.15, 0.2) is 0 Å². The molecule has 0 radical (unpaired) electrons. The number of nitrogens with zero attached hydrogens (tertiary/aromatic N) is 1. The summed E-state index contributed by atoms with van der Waals surface area (Å²) in [6, 6.07) is 2.02. The second-order valence-corrected chi connectivity index (χ2v) is 2.03. The van der Waals surface area contributed by atoms with Gasteiger partial charge in [0.2, 0.25) is 0 Å². The van der Waals surface area contributed by atoms with Gasteiger partial charge in [0.1, 0.15) is 0 Å². The molecule has 3 nitrogen and oxygen atoms in total. The lowest BCUT2D eigenvalue weighted by molar-refractivity contribution is 0.193. The molecule has 0 heterocycles. The first-order valence-corrected chi connectivity index (χ1v) is 3.48. The normalized spacial score (nSPS) is 9.20. The van der Waals surface area contributed by atoms with Gasteiger partial charge in [-0.2, -0.15) is 5.26 Å². The number of ether oxygens (including phenoxy) is 1. The number of rotatable bonds is 6. The Bertz CT molecular complexity index is 98.3. The van der Waals surface area contributed by atoms with E-state index in [0.717, 1.165) is 26.0 Å². The van der Waals surface area contributed by atoms with E-state index in [1.807, 2.05) is 6.07 Å². The number of unbranched alkanes of at least 4 members (excludes halogenated alkanes) is 1. The van der Waals surface area contributed by atoms with Gasteiger partial charge in [-0.05, 0) is 19.4 Å². The summed E-state index contributed by atoms with van der Waals surface area (Å²) in [4.78, 5) is 0. The summed E-state index contributed by atoms with van der Waals surface area (Å²) in [5.74, 6) is 0. The molecule has 0 saturated carbocycles. The van der Waals surface area contributed by atoms with Crippen LogP contribution in [0.1, 0.15) is 12.8 Å². The minimum atomic E-state index is 0.451. The van der Waals surface area contributed by atoms with Gasteiger partial charge < -0.3 is 10.1 Å². The third-order valence-electron chi connectivity index (χ3n) is 1.16. The van der Waals surface area contributed by atoms with E-state index in [2.05, 4.69) is 5.32 Å². The van der Waals surface area contributed by atoms with Crippen molar-refractivity contribution < 1.29 is 4.74 Å². The summed E-state index contributed by atoms with van der Waals surface area (Å²) >= 11 is 0. The number of methoxy groups -OCH3 is 1. The van der Waals surface area contributed by atoms with Crippen LogP contribution < -0.4 is 5.32 Å². The first kappa shape index (κ1) is 9.41. The van der Waals surface area contributed by atoms with Crippen molar-refractivity contribution in [3.8, 4) is 6.07 Å². The number of nitrogens with one attached hydrogen (secondary N) is 1. The van der Waals surface area contributed by atoms with Crippen molar-refractivity contribution in [2.75, 3.05) is 26.8 Å². The molecular weight excluding hydrogens is 128 g/mol. The summed E-state index contributed by atoms with van der Waals surface area (Å²) in [5.41, 5.74) is 0. The van der Waals surface area contributed by atoms with Crippen LogP contribution in [0.5, 0.6) is 0 Å². The highest BCUT2D eigenvalue weighted by atomic mass is 16.5. The Morgan fingerprint density at radius 2 is 2.30 bits per heavy atom. The van der Waals surface area contributed by atoms with Crippen LogP contribution in [-0.4, -0.2) is 26.8 Å². The summed E-state index contributed by atoms with van der Waals surface area (Å²) in [5, 5.41) is 11.1. The Labute approximate surface area is 62.0 Å². The molecule has 0 unspecified atom stereocenters. The van der Waals surface area contributed by atoms with Crippen LogP contribution in [0, 0.1) is 11.3 Å². The fourth-order valence-electron chi connectivity index (χ4n) is 0.641. The molecule has 0 atom stereocenters. The molecule has 0 aliphatic carbocycles. The first-order chi connectivity index (χ1) is 4.91. The van der Waals surface area contributed by atoms with E-state index in [-0.39, 0.29) is 0 Å². The number of hydrogen-bond acceptors (Lipinski definition) is 3. The smallest absolute Gasteiger partial charge is 0.0840 e. The van der Waals surface area contributed by atoms with Gasteiger partial charge in [0.05, 0.1) is 12.6 Å². The second-order valence-electron chi connectivity index (χ2n) is 2.03. The molecule has 0 aliphatic heterocycles. The summed E-state index contributed by atoms with van der Waals surface area (Å²) in [6.45, 7) is 2.18. The molecule has 0 fully saturated rings. The van der Waals surface area contributed by atoms with Crippen molar-refractivity contribution in [3.05, 3.63) is 0 Å². The maximum atomic E-state index is 8.13. The van der Waals surface area contributed by atoms with Gasteiger partial charge >= 0.3 is 0 Å². The fourth-order valence-corrected chi connectivity index (χ4v) is 0.641. The molecule has 0 amide bonds. The highest BCUT2D eigenvalue weighted by Crippen LogP contribution is 1.85. The van der Waals surface area contributed by atoms with Crippen LogP contribution in [0.4, 0.5) is 0 Å². The Kier molecular flexibility index (Phi) is 7.91. The fraction of sp³-hybridized carbons (Fsp3) is 0.857. The zero-order chi connectivity index (χ0) is 7.66. The van der Waals surface area contributed by atoms with Gasteiger partial charge in [0.25, 0.3) is 0 Å². The van der Waals surface area contributed by atoms with Crippen LogP contribution in [0.3, 0.4) is 0 Å². The summed E-state index contributed by atoms with van der Waals surface area (Å²) in [6.07, 6.45) is 2.14. The lowest BCUT2D eigenvalue weighted by Gasteiger charge is -1.98. The van der Waals surface area contributed by atoms with E-state index in [9.17, 15) is 0 Å². The lowest BCUT2D eigenvalue weighted by atomic mass is 10.3. The topological polar surface area (TPSA) is 45.0 Å². The third-order valence-corrected chi connectivity index (χ3v) is 1.16. The Balaban J connectivity index is 2.72. The molecule has 0 aromatic carbocycles. The van der Waals surface area contributed by atoms with E-state index in [4.69, 9.17) is 10.00 Å². The van der Waals surface area contributed by atoms with Crippen molar-refractivity contribution in [3.63, 3.8) is 0 Å². The molecule has 0 spiro atoms. The summed E-state index contributed by atoms with van der Waals surface area (Å²) in [7, 11) is 1.70. The molecule has 58 valence electrons. The van der Waals surface area contributed by atoms with E-state index in [1.54, 1.807) is 7.11 Å². The van der Waals surface area contributed by atoms with Crippen LogP contribution in [-0.2, 0) is 4.74 Å². The minimum absolute atomic E-state index is 0.451. The molecule has 0 aromatic rings. The van der Waals surface area contributed by atoms with Crippen molar-refractivity contribution in [1.82, 2.24) is 5.32 Å². The van der Waals surface area contributed by atoms with Gasteiger partial charge in [-0.25, -0.2) is 0 Å². The van der Waals surface area contributed by atoms with Gasteiger partial charge in [0, 0.05) is 13.7 Å². The molecule has 3 heteroatoms. The number of nitriles is 1. The van der Waals surface area contributed by atoms with E-state index in [1.165, 1.54) is 0 Å². The first-order valence-electron chi connectivity index (χ1n) is 3.48. The van der Waals surface area contributed by atoms with Gasteiger partial charge in [-0.1, -0.05) is 0 Å². The van der Waals surface area contributed by atoms with Gasteiger partial charge in [-0.3, -0.25) is 0 Å². The molecule has 0 bridgehead atoms. The molecule has 0 aromatic heterocycles. The molecule has 0 aliphatic rings. The van der Waals surface area contributed by atoms with Crippen molar-refractivity contribution in [1.29, 1.82) is 5.26 Å². The largest absolute Gasteiger partial charge is 0.385 e. The molecule has 1 N–H and O–H groups in total. The predicted molar refractivity (Wildman–Crippen MR) is 39.6 cm³/mol. The molecular formula is C7H14N2O. The predicted octanol–water partition coefficient (Wildman–Crippen LogP) is 0.526. The zero-order valence-corrected chi connectivity index (χ0v) is 6.39. The van der Waals surface area contributed by atoms with Gasteiger partial charge in [-0.15, -0.1) is 0 Å². The Morgan fingerprint density at radius 3 is 2.90 bits per heavy atom. The van der Waals surface area contributed by atoms with Crippen molar-refractivity contribution in [2.24, 2.45) is 0 Å². The van der Waals surface area contributed by atoms with Crippen molar-refractivity contribution >= 4 is 0 Å². The highest BCUT2D eigenvalue weighted by molar-refractivity contribution is 4.72. The van der Waals surface area contributed by atoms with E-state index < -0.39 is 0 Å². The number of hydrogen-bond donors (Lipinski definition) is 1. The SMILES string of the molecule is COCCCCNCC#N. The Morgan fingerprint density at radius 1 is 1.50 bits per heavy atom. The molecule has 10 heavy (non-hydrogen) atoms. The molecule has 0 rings (SSSR count). The average molecular weight is 142 g/mol. The second kappa shape index (κ2) is 8.41. The monoisotopic (exact) mass is 142 g/mol. The van der Waals surface area contributed by atoms with E-state index in [0.29, 0.717) is 6.54 Å². The Hall–Kier alpha value is -0.590.